The largest absolute Gasteiger partial charge is 0.462 e. The summed E-state index contributed by atoms with van der Waals surface area (Å²) in [5, 5.41) is 48.6. The standard InChI is InChI=1S/C49H85N3O15/c1-16-18-37(55)52(13)33(46(60)50-49(8,9)10)23-31-22-27(4)34(53)20-19-26(3)21-32(25-63-48-45(62-15)44(61-14)41(58)30(7)65-48)36(17-2)66-38(56)24-35(54)28(5)43(31)67-47-42(59)39(51(11)12)40(57)29(6)64-47/h19-21,27-33,35-36,39-45,47-48,54,57-59H,16-18,22-25H2,1-15H3,(H,50,60)/b20-19+,26-21+/t27-,28+,29-,30+,31-,32-,33?,35-,36-,39+,40-,41+,42-,43-,44+,45+,47+,48+/m1/s1. The van der Waals surface area contributed by atoms with Gasteiger partial charge in [-0.2, -0.15) is 0 Å². The van der Waals surface area contributed by atoms with E-state index in [1.807, 2.05) is 47.6 Å². The van der Waals surface area contributed by atoms with E-state index in [4.69, 9.17) is 33.2 Å². The second kappa shape index (κ2) is 26.4. The molecular weight excluding hydrogens is 871 g/mol. The fraction of sp³-hybridized carbons (Fsp3) is 0.837. The zero-order chi connectivity index (χ0) is 50.7. The maximum atomic E-state index is 14.3. The van der Waals surface area contributed by atoms with Crippen molar-refractivity contribution >= 4 is 23.6 Å². The number of carbonyl (C=O) groups is 4. The molecule has 0 aromatic heterocycles. The molecule has 0 radical (unpaired) electrons. The molecular formula is C49H85N3O15. The minimum absolute atomic E-state index is 0.0222. The molecule has 18 nitrogen and oxygen atoms in total. The van der Waals surface area contributed by atoms with Crippen molar-refractivity contribution in [3.8, 4) is 0 Å². The highest BCUT2D eigenvalue weighted by Crippen LogP contribution is 2.36. The Morgan fingerprint density at radius 3 is 2.06 bits per heavy atom. The first-order chi connectivity index (χ1) is 31.3. The summed E-state index contributed by atoms with van der Waals surface area (Å²) in [6, 6.07) is -1.87. The average molecular weight is 956 g/mol. The van der Waals surface area contributed by atoms with E-state index in [2.05, 4.69) is 5.32 Å². The summed E-state index contributed by atoms with van der Waals surface area (Å²) in [6.07, 6.45) is -6.38. The van der Waals surface area contributed by atoms with Gasteiger partial charge in [0.25, 0.3) is 0 Å². The second-order valence-corrected chi connectivity index (χ2v) is 20.2. The van der Waals surface area contributed by atoms with Gasteiger partial charge in [0.1, 0.15) is 36.6 Å². The van der Waals surface area contributed by atoms with Crippen molar-refractivity contribution in [2.75, 3.05) is 42.0 Å². The number of ketones is 1. The van der Waals surface area contributed by atoms with Gasteiger partial charge >= 0.3 is 5.97 Å². The lowest BCUT2D eigenvalue weighted by Crippen LogP contribution is -2.63. The highest BCUT2D eigenvalue weighted by atomic mass is 16.7. The Kier molecular flexibility index (Phi) is 23.0. The van der Waals surface area contributed by atoms with Gasteiger partial charge in [0.05, 0.1) is 49.6 Å². The molecule has 2 amide bonds. The van der Waals surface area contributed by atoms with Gasteiger partial charge in [-0.15, -0.1) is 0 Å². The number of hydrogen-bond acceptors (Lipinski definition) is 16. The lowest BCUT2D eigenvalue weighted by molar-refractivity contribution is -0.304. The molecule has 18 atom stereocenters. The van der Waals surface area contributed by atoms with Gasteiger partial charge in [-0.1, -0.05) is 45.4 Å². The van der Waals surface area contributed by atoms with Gasteiger partial charge in [0.15, 0.2) is 18.4 Å². The topological polar surface area (TPSA) is 232 Å². The fourth-order valence-electron chi connectivity index (χ4n) is 9.38. The van der Waals surface area contributed by atoms with Crippen LogP contribution in [0.3, 0.4) is 0 Å². The average Bonchev–Trinajstić information content (AvgIpc) is 3.24. The summed E-state index contributed by atoms with van der Waals surface area (Å²) in [6.45, 7) is 17.8. The zero-order valence-corrected chi connectivity index (χ0v) is 42.7. The van der Waals surface area contributed by atoms with Gasteiger partial charge in [0.2, 0.25) is 11.8 Å². The summed E-state index contributed by atoms with van der Waals surface area (Å²) in [5.41, 5.74) is -0.00658. The molecule has 0 spiro atoms. The molecule has 0 saturated carbocycles. The number of carbonyl (C=O) groups excluding carboxylic acids is 4. The minimum atomic E-state index is -1.42. The van der Waals surface area contributed by atoms with Crippen LogP contribution in [0.4, 0.5) is 0 Å². The zero-order valence-electron chi connectivity index (χ0n) is 42.7. The van der Waals surface area contributed by atoms with E-state index < -0.39 is 133 Å². The Hall–Kier alpha value is -2.88. The molecule has 386 valence electrons. The number of ether oxygens (including phenoxy) is 7. The first kappa shape index (κ1) is 58.4. The van der Waals surface area contributed by atoms with Crippen molar-refractivity contribution in [2.24, 2.45) is 23.7 Å². The number of aliphatic hydroxyl groups is 4. The number of aliphatic hydroxyl groups excluding tert-OH is 4. The van der Waals surface area contributed by atoms with E-state index in [0.717, 1.165) is 0 Å². The Balaban J connectivity index is 2.18. The number of amides is 2. The SMILES string of the molecule is CCCC(=O)N(C)C(C[C@H]1C[C@@H](C)C(=O)/C=C/C(C)=C/[C@H](CO[C@H]2O[C@@H](C)[C@H](O)[C@H](OC)[C@@H]2OC)[C@@H](CC)OC(=O)C[C@@H](O)[C@H](C)[C@H]1O[C@@H]1O[C@H](C)[C@@H](O)[C@H](N(C)C)[C@H]1O)C(=O)NC(C)(C)C. The van der Waals surface area contributed by atoms with Crippen molar-refractivity contribution in [2.45, 2.75) is 199 Å². The van der Waals surface area contributed by atoms with Crippen LogP contribution >= 0.6 is 0 Å². The number of methoxy groups -OCH3 is 2. The third-order valence-corrected chi connectivity index (χ3v) is 13.4. The van der Waals surface area contributed by atoms with Crippen LogP contribution in [0.25, 0.3) is 0 Å². The predicted octanol–water partition coefficient (Wildman–Crippen LogP) is 2.91. The summed E-state index contributed by atoms with van der Waals surface area (Å²) in [7, 11) is 7.91. The summed E-state index contributed by atoms with van der Waals surface area (Å²) in [5.74, 6) is -4.62. The van der Waals surface area contributed by atoms with Crippen LogP contribution in [0.1, 0.15) is 108 Å². The van der Waals surface area contributed by atoms with Crippen LogP contribution in [0.2, 0.25) is 0 Å². The quantitative estimate of drug-likeness (QED) is 0.149. The molecule has 67 heavy (non-hydrogen) atoms. The summed E-state index contributed by atoms with van der Waals surface area (Å²) >= 11 is 0. The third-order valence-electron chi connectivity index (χ3n) is 13.4. The van der Waals surface area contributed by atoms with Crippen LogP contribution < -0.4 is 5.32 Å². The lowest BCUT2D eigenvalue weighted by Gasteiger charge is -2.47. The Bertz CT molecular complexity index is 1650. The molecule has 3 aliphatic rings. The fourth-order valence-corrected chi connectivity index (χ4v) is 9.38. The molecule has 5 N–H and O–H groups in total. The highest BCUT2D eigenvalue weighted by Gasteiger charge is 2.49. The summed E-state index contributed by atoms with van der Waals surface area (Å²) < 4.78 is 42.5. The van der Waals surface area contributed by atoms with E-state index in [9.17, 15) is 39.6 Å². The Labute approximate surface area is 399 Å². The van der Waals surface area contributed by atoms with Crippen LogP contribution in [0.15, 0.2) is 23.8 Å². The van der Waals surface area contributed by atoms with E-state index in [1.54, 1.807) is 59.8 Å². The number of esters is 1. The maximum Gasteiger partial charge on any atom is 0.308 e. The molecule has 0 bridgehead atoms. The van der Waals surface area contributed by atoms with Gasteiger partial charge in [-0.05, 0) is 93.3 Å². The van der Waals surface area contributed by atoms with Crippen molar-refractivity contribution in [1.82, 2.24) is 15.1 Å². The smallest absolute Gasteiger partial charge is 0.308 e. The van der Waals surface area contributed by atoms with Crippen molar-refractivity contribution in [3.63, 3.8) is 0 Å². The van der Waals surface area contributed by atoms with Crippen LogP contribution in [0.5, 0.6) is 0 Å². The molecule has 3 heterocycles. The predicted molar refractivity (Wildman–Crippen MR) is 249 cm³/mol. The molecule has 3 rings (SSSR count). The van der Waals surface area contributed by atoms with Crippen molar-refractivity contribution in [3.05, 3.63) is 23.8 Å². The maximum absolute atomic E-state index is 14.3. The lowest BCUT2D eigenvalue weighted by atomic mass is 9.77. The molecule has 0 aromatic carbocycles. The third kappa shape index (κ3) is 16.1. The first-order valence-electron chi connectivity index (χ1n) is 24.0. The van der Waals surface area contributed by atoms with Crippen molar-refractivity contribution < 1.29 is 72.8 Å². The van der Waals surface area contributed by atoms with E-state index in [-0.39, 0.29) is 37.6 Å². The minimum Gasteiger partial charge on any atom is -0.462 e. The van der Waals surface area contributed by atoms with Crippen molar-refractivity contribution in [1.29, 1.82) is 0 Å². The van der Waals surface area contributed by atoms with E-state index >= 15 is 0 Å². The second-order valence-electron chi connectivity index (χ2n) is 20.2. The van der Waals surface area contributed by atoms with E-state index in [0.29, 0.717) is 18.4 Å². The van der Waals surface area contributed by atoms with Crippen LogP contribution in [-0.4, -0.2) is 187 Å². The van der Waals surface area contributed by atoms with Gasteiger partial charge in [-0.25, -0.2) is 0 Å². The number of allylic oxidation sites excluding steroid dienone is 3. The number of likely N-dealkylation sites (N-methyl/N-ethyl adjacent to an activating group) is 2. The van der Waals surface area contributed by atoms with Gasteiger partial charge in [0, 0.05) is 51.0 Å². The molecule has 1 unspecified atom stereocenters. The van der Waals surface area contributed by atoms with E-state index in [1.165, 1.54) is 25.2 Å². The molecule has 0 aromatic rings. The first-order valence-corrected chi connectivity index (χ1v) is 24.0. The normalized spacial score (nSPS) is 38.1. The Morgan fingerprint density at radius 1 is 0.881 bits per heavy atom. The van der Waals surface area contributed by atoms with Gasteiger partial charge < -0.3 is 68.7 Å². The molecule has 2 fully saturated rings. The number of rotatable bonds is 15. The molecule has 18 heteroatoms. The Morgan fingerprint density at radius 2 is 1.49 bits per heavy atom. The molecule has 0 aliphatic carbocycles. The van der Waals surface area contributed by atoms with Crippen LogP contribution in [0, 0.1) is 23.7 Å². The number of cyclic esters (lactones) is 1. The summed E-state index contributed by atoms with van der Waals surface area (Å²) in [4.78, 5) is 59.1. The monoisotopic (exact) mass is 956 g/mol. The molecule has 2 saturated heterocycles. The highest BCUT2D eigenvalue weighted by molar-refractivity contribution is 5.92. The van der Waals surface area contributed by atoms with Gasteiger partial charge in [-0.3, -0.25) is 19.2 Å². The van der Waals surface area contributed by atoms with Crippen LogP contribution in [-0.2, 0) is 52.3 Å². The number of nitrogens with one attached hydrogen (secondary N) is 1. The number of nitrogens with zero attached hydrogens (tertiary/aromatic N) is 2. The number of hydrogen-bond donors (Lipinski definition) is 5. The molecule has 3 aliphatic heterocycles.